The lowest BCUT2D eigenvalue weighted by molar-refractivity contribution is 0.559. The maximum atomic E-state index is 14.0. The number of unbranched alkanes of at least 4 members (excludes halogenated alkanes) is 2. The third kappa shape index (κ3) is 6.40. The molecule has 0 amide bonds. The molecular formula is C24H30F2. The molecule has 140 valence electrons. The van der Waals surface area contributed by atoms with Gasteiger partial charge in [0.05, 0.1) is 0 Å². The maximum absolute atomic E-state index is 14.0. The molecule has 2 rings (SSSR count). The van der Waals surface area contributed by atoms with Crippen LogP contribution in [0.4, 0.5) is 8.78 Å². The van der Waals surface area contributed by atoms with E-state index in [2.05, 4.69) is 31.2 Å². The minimum absolute atomic E-state index is 0.155. The van der Waals surface area contributed by atoms with Gasteiger partial charge in [-0.25, -0.2) is 8.78 Å². The molecule has 26 heavy (non-hydrogen) atoms. The molecule has 2 aromatic carbocycles. The molecule has 0 fully saturated rings. The lowest BCUT2D eigenvalue weighted by Gasteiger charge is -2.06. The molecule has 2 aromatic rings. The summed E-state index contributed by atoms with van der Waals surface area (Å²) in [7, 11) is 0. The van der Waals surface area contributed by atoms with Gasteiger partial charge < -0.3 is 0 Å². The Balaban J connectivity index is 1.88. The van der Waals surface area contributed by atoms with Crippen LogP contribution in [0, 0.1) is 0 Å². The largest absolute Gasteiger partial charge is 0.209 e. The van der Waals surface area contributed by atoms with E-state index in [1.807, 2.05) is 19.1 Å². The summed E-state index contributed by atoms with van der Waals surface area (Å²) in [5, 5.41) is 0. The summed E-state index contributed by atoms with van der Waals surface area (Å²) in [4.78, 5) is 0. The van der Waals surface area contributed by atoms with Crippen LogP contribution in [-0.4, -0.2) is 0 Å². The van der Waals surface area contributed by atoms with Crippen molar-refractivity contribution in [2.45, 2.75) is 65.2 Å². The summed E-state index contributed by atoms with van der Waals surface area (Å²) >= 11 is 0. The van der Waals surface area contributed by atoms with Gasteiger partial charge in [0.1, 0.15) is 5.83 Å². The van der Waals surface area contributed by atoms with Crippen LogP contribution in [0.2, 0.25) is 0 Å². The van der Waals surface area contributed by atoms with Gasteiger partial charge in [0.15, 0.2) is 5.83 Å². The van der Waals surface area contributed by atoms with E-state index in [1.54, 1.807) is 12.1 Å². The fourth-order valence-corrected chi connectivity index (χ4v) is 3.04. The molecule has 0 saturated carbocycles. The monoisotopic (exact) mass is 356 g/mol. The lowest BCUT2D eigenvalue weighted by Crippen LogP contribution is -1.93. The second-order valence-corrected chi connectivity index (χ2v) is 6.94. The van der Waals surface area contributed by atoms with Crippen molar-refractivity contribution in [1.82, 2.24) is 0 Å². The van der Waals surface area contributed by atoms with Crippen molar-refractivity contribution in [3.05, 3.63) is 76.6 Å². The zero-order valence-electron chi connectivity index (χ0n) is 16.0. The molecule has 0 bridgehead atoms. The second-order valence-electron chi connectivity index (χ2n) is 6.94. The highest BCUT2D eigenvalue weighted by atomic mass is 19.2. The van der Waals surface area contributed by atoms with E-state index in [9.17, 15) is 8.78 Å². The molecule has 0 aliphatic rings. The van der Waals surface area contributed by atoms with Gasteiger partial charge in [0, 0.05) is 12.0 Å². The van der Waals surface area contributed by atoms with Gasteiger partial charge in [-0.3, -0.25) is 0 Å². The second kappa shape index (κ2) is 10.9. The number of halogens is 2. The van der Waals surface area contributed by atoms with Crippen molar-refractivity contribution < 1.29 is 8.78 Å². The van der Waals surface area contributed by atoms with Crippen LogP contribution < -0.4 is 0 Å². The van der Waals surface area contributed by atoms with Gasteiger partial charge in [-0.15, -0.1) is 0 Å². The lowest BCUT2D eigenvalue weighted by atomic mass is 10.0. The number of allylic oxidation sites excluding steroid dienone is 1. The molecule has 2 heteroatoms. The first-order valence-corrected chi connectivity index (χ1v) is 9.85. The Morgan fingerprint density at radius 1 is 0.654 bits per heavy atom. The zero-order valence-corrected chi connectivity index (χ0v) is 16.0. The van der Waals surface area contributed by atoms with E-state index in [4.69, 9.17) is 0 Å². The van der Waals surface area contributed by atoms with E-state index in [-0.39, 0.29) is 6.42 Å². The van der Waals surface area contributed by atoms with Gasteiger partial charge >= 0.3 is 0 Å². The SMILES string of the molecule is CCCCCc1ccc(CCc2ccc(/C(F)=C(\F)CCC)cc2)cc1. The number of aryl methyl sites for hydroxylation is 3. The minimum Gasteiger partial charge on any atom is -0.209 e. The smallest absolute Gasteiger partial charge is 0.161 e. The Morgan fingerprint density at radius 2 is 1.15 bits per heavy atom. The predicted molar refractivity (Wildman–Crippen MR) is 108 cm³/mol. The van der Waals surface area contributed by atoms with Crippen molar-refractivity contribution in [2.75, 3.05) is 0 Å². The van der Waals surface area contributed by atoms with E-state index in [1.165, 1.54) is 30.4 Å². The van der Waals surface area contributed by atoms with Gasteiger partial charge in [0.2, 0.25) is 0 Å². The highest BCUT2D eigenvalue weighted by molar-refractivity contribution is 5.61. The van der Waals surface area contributed by atoms with Crippen LogP contribution in [0.5, 0.6) is 0 Å². The van der Waals surface area contributed by atoms with Gasteiger partial charge in [-0.1, -0.05) is 75.2 Å². The predicted octanol–water partition coefficient (Wildman–Crippen LogP) is 7.61. The fraction of sp³-hybridized carbons (Fsp3) is 0.417. The molecule has 0 spiro atoms. The number of hydrogen-bond acceptors (Lipinski definition) is 0. The highest BCUT2D eigenvalue weighted by Crippen LogP contribution is 2.24. The summed E-state index contributed by atoms with van der Waals surface area (Å²) in [6.07, 6.45) is 7.57. The number of benzene rings is 2. The van der Waals surface area contributed by atoms with Gasteiger partial charge in [-0.2, -0.15) is 0 Å². The molecule has 0 atom stereocenters. The molecule has 0 saturated heterocycles. The Bertz CT molecular complexity index is 681. The molecule has 0 aromatic heterocycles. The van der Waals surface area contributed by atoms with Crippen LogP contribution in [0.3, 0.4) is 0 Å². The third-order valence-corrected chi connectivity index (χ3v) is 4.71. The van der Waals surface area contributed by atoms with E-state index >= 15 is 0 Å². The minimum atomic E-state index is -0.725. The topological polar surface area (TPSA) is 0 Å². The molecule has 0 aliphatic carbocycles. The van der Waals surface area contributed by atoms with Crippen LogP contribution in [-0.2, 0) is 19.3 Å². The van der Waals surface area contributed by atoms with Gasteiger partial charge in [-0.05, 0) is 48.8 Å². The summed E-state index contributed by atoms with van der Waals surface area (Å²) in [5.74, 6) is -1.38. The molecule has 0 heterocycles. The van der Waals surface area contributed by atoms with Crippen LogP contribution >= 0.6 is 0 Å². The molecule has 0 radical (unpaired) electrons. The van der Waals surface area contributed by atoms with Crippen LogP contribution in [0.25, 0.3) is 5.83 Å². The average molecular weight is 357 g/mol. The van der Waals surface area contributed by atoms with Crippen molar-refractivity contribution in [3.8, 4) is 0 Å². The van der Waals surface area contributed by atoms with Crippen molar-refractivity contribution >= 4 is 5.83 Å². The first-order chi connectivity index (χ1) is 12.6. The number of hydrogen-bond donors (Lipinski definition) is 0. The molecule has 0 nitrogen and oxygen atoms in total. The van der Waals surface area contributed by atoms with E-state index < -0.39 is 11.7 Å². The third-order valence-electron chi connectivity index (χ3n) is 4.71. The Labute approximate surface area is 157 Å². The van der Waals surface area contributed by atoms with Crippen LogP contribution in [0.1, 0.15) is 68.2 Å². The average Bonchev–Trinajstić information content (AvgIpc) is 2.67. The fourth-order valence-electron chi connectivity index (χ4n) is 3.04. The van der Waals surface area contributed by atoms with Crippen molar-refractivity contribution in [3.63, 3.8) is 0 Å². The summed E-state index contributed by atoms with van der Waals surface area (Å²) < 4.78 is 27.5. The maximum Gasteiger partial charge on any atom is 0.161 e. The van der Waals surface area contributed by atoms with Crippen LogP contribution in [0.15, 0.2) is 54.4 Å². The van der Waals surface area contributed by atoms with Crippen molar-refractivity contribution in [2.24, 2.45) is 0 Å². The quantitative estimate of drug-likeness (QED) is 0.384. The Hall–Kier alpha value is -1.96. The Morgan fingerprint density at radius 3 is 1.65 bits per heavy atom. The molecular weight excluding hydrogens is 326 g/mol. The first-order valence-electron chi connectivity index (χ1n) is 9.85. The molecule has 0 unspecified atom stereocenters. The number of rotatable bonds is 10. The zero-order chi connectivity index (χ0) is 18.8. The summed E-state index contributed by atoms with van der Waals surface area (Å²) in [6, 6.07) is 16.0. The normalized spacial score (nSPS) is 12.2. The molecule has 0 N–H and O–H groups in total. The highest BCUT2D eigenvalue weighted by Gasteiger charge is 2.08. The molecule has 0 aliphatic heterocycles. The van der Waals surface area contributed by atoms with E-state index in [0.29, 0.717) is 12.0 Å². The summed E-state index contributed by atoms with van der Waals surface area (Å²) in [6.45, 7) is 4.07. The van der Waals surface area contributed by atoms with E-state index in [0.717, 1.165) is 24.8 Å². The summed E-state index contributed by atoms with van der Waals surface area (Å²) in [5.41, 5.74) is 4.19. The Kier molecular flexibility index (Phi) is 8.53. The first kappa shape index (κ1) is 20.4. The van der Waals surface area contributed by atoms with Gasteiger partial charge in [0.25, 0.3) is 0 Å². The standard InChI is InChI=1S/C24H30F2/c1-3-5-6-8-19-9-11-20(12-10-19)13-14-21-15-17-22(18-16-21)24(26)23(25)7-4-2/h9-12,15-18H,3-8,13-14H2,1-2H3/b24-23+. The van der Waals surface area contributed by atoms with Crippen molar-refractivity contribution in [1.29, 1.82) is 0 Å².